The van der Waals surface area contributed by atoms with Crippen molar-refractivity contribution in [1.82, 2.24) is 10.6 Å². The van der Waals surface area contributed by atoms with Crippen molar-refractivity contribution < 1.29 is 9.59 Å². The monoisotopic (exact) mass is 275 g/mol. The van der Waals surface area contributed by atoms with Crippen LogP contribution in [0.1, 0.15) is 30.1 Å². The maximum Gasteiger partial charge on any atom is 0.251 e. The molecule has 1 aliphatic heterocycles. The van der Waals surface area contributed by atoms with Gasteiger partial charge in [-0.05, 0) is 43.5 Å². The van der Waals surface area contributed by atoms with Crippen LogP contribution >= 0.6 is 0 Å². The normalized spacial score (nSPS) is 22.1. The second-order valence-electron chi connectivity index (χ2n) is 5.29. The summed E-state index contributed by atoms with van der Waals surface area (Å²) in [6.07, 6.45) is 1.96. The van der Waals surface area contributed by atoms with Gasteiger partial charge in [-0.25, -0.2) is 0 Å². The summed E-state index contributed by atoms with van der Waals surface area (Å²) in [5, 5.41) is 8.66. The molecule has 0 aromatic heterocycles. The van der Waals surface area contributed by atoms with Gasteiger partial charge >= 0.3 is 0 Å². The number of carbonyl (C=O) groups excluding carboxylic acids is 2. The van der Waals surface area contributed by atoms with Gasteiger partial charge in [0.25, 0.3) is 5.91 Å². The molecule has 1 heterocycles. The number of hydrogen-bond acceptors (Lipinski definition) is 3. The highest BCUT2D eigenvalue weighted by Crippen LogP contribution is 2.17. The number of carbonyl (C=O) groups is 2. The van der Waals surface area contributed by atoms with E-state index in [0.717, 1.165) is 19.4 Å². The van der Waals surface area contributed by atoms with E-state index in [4.69, 9.17) is 0 Å². The van der Waals surface area contributed by atoms with Gasteiger partial charge < -0.3 is 16.0 Å². The summed E-state index contributed by atoms with van der Waals surface area (Å²) < 4.78 is 0. The van der Waals surface area contributed by atoms with Gasteiger partial charge in [0.05, 0.1) is 6.04 Å². The first-order chi connectivity index (χ1) is 9.60. The van der Waals surface area contributed by atoms with Gasteiger partial charge in [0.2, 0.25) is 5.91 Å². The lowest BCUT2D eigenvalue weighted by molar-refractivity contribution is -0.119. The van der Waals surface area contributed by atoms with Crippen molar-refractivity contribution in [2.75, 3.05) is 18.9 Å². The van der Waals surface area contributed by atoms with Crippen molar-refractivity contribution in [3.05, 3.63) is 29.8 Å². The molecule has 0 bridgehead atoms. The lowest BCUT2D eigenvalue weighted by Gasteiger charge is -2.27. The van der Waals surface area contributed by atoms with Crippen molar-refractivity contribution >= 4 is 17.5 Å². The number of hydrogen-bond donors (Lipinski definition) is 3. The molecule has 2 rings (SSSR count). The van der Waals surface area contributed by atoms with Crippen LogP contribution < -0.4 is 16.0 Å². The minimum atomic E-state index is -0.162. The van der Waals surface area contributed by atoms with E-state index in [2.05, 4.69) is 22.9 Å². The van der Waals surface area contributed by atoms with Crippen molar-refractivity contribution in [3.8, 4) is 0 Å². The Labute approximate surface area is 119 Å². The van der Waals surface area contributed by atoms with Crippen molar-refractivity contribution in [2.24, 2.45) is 5.92 Å². The molecule has 2 atom stereocenters. The molecule has 5 heteroatoms. The summed E-state index contributed by atoms with van der Waals surface area (Å²) in [7, 11) is 1.58. The fourth-order valence-corrected chi connectivity index (χ4v) is 2.42. The highest BCUT2D eigenvalue weighted by atomic mass is 16.2. The summed E-state index contributed by atoms with van der Waals surface area (Å²) in [4.78, 5) is 23.7. The Bertz CT molecular complexity index is 502. The molecule has 20 heavy (non-hydrogen) atoms. The molecule has 0 saturated carbocycles. The van der Waals surface area contributed by atoms with Crippen LogP contribution in [-0.4, -0.2) is 31.4 Å². The molecule has 1 aromatic carbocycles. The van der Waals surface area contributed by atoms with Crippen LogP contribution in [-0.2, 0) is 4.79 Å². The highest BCUT2D eigenvalue weighted by Gasteiger charge is 2.24. The molecule has 1 saturated heterocycles. The van der Waals surface area contributed by atoms with E-state index in [0.29, 0.717) is 17.2 Å². The predicted molar refractivity (Wildman–Crippen MR) is 78.7 cm³/mol. The molecule has 108 valence electrons. The standard InChI is InChI=1S/C15H21N3O2/c1-10-6-7-17-13(8-10)15(20)18-12-5-3-4-11(9-12)14(19)16-2/h3-5,9-10,13,17H,6-8H2,1-2H3,(H,16,19)(H,18,20). The topological polar surface area (TPSA) is 70.2 Å². The predicted octanol–water partition coefficient (Wildman–Crippen LogP) is 1.37. The maximum absolute atomic E-state index is 12.2. The van der Waals surface area contributed by atoms with Crippen molar-refractivity contribution in [2.45, 2.75) is 25.8 Å². The fourth-order valence-electron chi connectivity index (χ4n) is 2.42. The molecule has 1 aliphatic rings. The van der Waals surface area contributed by atoms with Gasteiger partial charge in [-0.2, -0.15) is 0 Å². The van der Waals surface area contributed by atoms with Crippen LogP contribution in [0.5, 0.6) is 0 Å². The Morgan fingerprint density at radius 2 is 2.15 bits per heavy atom. The third-order valence-corrected chi connectivity index (χ3v) is 3.60. The summed E-state index contributed by atoms with van der Waals surface area (Å²) in [5.74, 6) is 0.361. The summed E-state index contributed by atoms with van der Waals surface area (Å²) in [5.41, 5.74) is 1.19. The van der Waals surface area contributed by atoms with Crippen LogP contribution in [0.25, 0.3) is 0 Å². The Morgan fingerprint density at radius 1 is 1.35 bits per heavy atom. The molecule has 2 unspecified atom stereocenters. The smallest absolute Gasteiger partial charge is 0.251 e. The summed E-state index contributed by atoms with van der Waals surface area (Å²) >= 11 is 0. The first kappa shape index (κ1) is 14.5. The zero-order valence-electron chi connectivity index (χ0n) is 11.9. The van der Waals surface area contributed by atoms with Crippen LogP contribution in [0.2, 0.25) is 0 Å². The molecular weight excluding hydrogens is 254 g/mol. The number of benzene rings is 1. The Balaban J connectivity index is 2.02. The van der Waals surface area contributed by atoms with Gasteiger partial charge in [-0.1, -0.05) is 13.0 Å². The van der Waals surface area contributed by atoms with Gasteiger partial charge in [-0.3, -0.25) is 9.59 Å². The van der Waals surface area contributed by atoms with Crippen LogP contribution in [0.3, 0.4) is 0 Å². The Hall–Kier alpha value is -1.88. The average Bonchev–Trinajstić information content (AvgIpc) is 2.46. The van der Waals surface area contributed by atoms with E-state index in [1.54, 1.807) is 31.3 Å². The van der Waals surface area contributed by atoms with E-state index < -0.39 is 0 Å². The van der Waals surface area contributed by atoms with Crippen LogP contribution in [0, 0.1) is 5.92 Å². The molecule has 2 amide bonds. The van der Waals surface area contributed by atoms with Crippen LogP contribution in [0.15, 0.2) is 24.3 Å². The lowest BCUT2D eigenvalue weighted by atomic mass is 9.94. The van der Waals surface area contributed by atoms with Crippen molar-refractivity contribution in [3.63, 3.8) is 0 Å². The van der Waals surface area contributed by atoms with E-state index in [9.17, 15) is 9.59 Å². The SMILES string of the molecule is CNC(=O)c1cccc(NC(=O)C2CC(C)CCN2)c1. The lowest BCUT2D eigenvalue weighted by Crippen LogP contribution is -2.45. The minimum Gasteiger partial charge on any atom is -0.355 e. The van der Waals surface area contributed by atoms with Crippen LogP contribution in [0.4, 0.5) is 5.69 Å². The Morgan fingerprint density at radius 3 is 2.85 bits per heavy atom. The molecule has 3 N–H and O–H groups in total. The molecule has 1 fully saturated rings. The van der Waals surface area contributed by atoms with E-state index in [1.807, 2.05) is 0 Å². The highest BCUT2D eigenvalue weighted by molar-refractivity contribution is 5.98. The van der Waals surface area contributed by atoms with Gasteiger partial charge in [-0.15, -0.1) is 0 Å². The van der Waals surface area contributed by atoms with E-state index >= 15 is 0 Å². The number of nitrogens with one attached hydrogen (secondary N) is 3. The zero-order chi connectivity index (χ0) is 14.5. The fraction of sp³-hybridized carbons (Fsp3) is 0.467. The first-order valence-electron chi connectivity index (χ1n) is 6.96. The summed E-state index contributed by atoms with van der Waals surface area (Å²) in [6.45, 7) is 3.03. The summed E-state index contributed by atoms with van der Waals surface area (Å²) in [6, 6.07) is 6.80. The zero-order valence-corrected chi connectivity index (χ0v) is 11.9. The number of piperidine rings is 1. The minimum absolute atomic E-state index is 0.0365. The molecule has 5 nitrogen and oxygen atoms in total. The number of anilines is 1. The number of rotatable bonds is 3. The van der Waals surface area contributed by atoms with E-state index in [-0.39, 0.29) is 17.9 Å². The van der Waals surface area contributed by atoms with Crippen molar-refractivity contribution in [1.29, 1.82) is 0 Å². The first-order valence-corrected chi connectivity index (χ1v) is 6.96. The number of amides is 2. The maximum atomic E-state index is 12.2. The average molecular weight is 275 g/mol. The third-order valence-electron chi connectivity index (χ3n) is 3.60. The molecule has 0 aliphatic carbocycles. The second-order valence-corrected chi connectivity index (χ2v) is 5.29. The Kier molecular flexibility index (Phi) is 4.74. The molecular formula is C15H21N3O2. The quantitative estimate of drug-likeness (QED) is 0.780. The molecule has 1 aromatic rings. The third kappa shape index (κ3) is 3.57. The van der Waals surface area contributed by atoms with Gasteiger partial charge in [0, 0.05) is 18.3 Å². The van der Waals surface area contributed by atoms with Gasteiger partial charge in [0.15, 0.2) is 0 Å². The van der Waals surface area contributed by atoms with E-state index in [1.165, 1.54) is 0 Å². The largest absolute Gasteiger partial charge is 0.355 e. The second kappa shape index (κ2) is 6.52. The van der Waals surface area contributed by atoms with Gasteiger partial charge in [0.1, 0.15) is 0 Å². The molecule has 0 radical (unpaired) electrons. The molecule has 0 spiro atoms.